The second-order valence-corrected chi connectivity index (χ2v) is 5.75. The van der Waals surface area contributed by atoms with E-state index in [4.69, 9.17) is 5.73 Å². The zero-order valence-corrected chi connectivity index (χ0v) is 11.5. The number of nitrogens with one attached hydrogen (secondary N) is 1. The normalized spacial score (nSPS) is 16.9. The van der Waals surface area contributed by atoms with E-state index in [1.54, 1.807) is 0 Å². The molecule has 1 aliphatic rings. The molecule has 3 N–H and O–H groups in total. The molecular formula is C15H22N4. The Morgan fingerprint density at radius 2 is 2.11 bits per heavy atom. The Kier molecular flexibility index (Phi) is 3.32. The van der Waals surface area contributed by atoms with Crippen molar-refractivity contribution >= 4 is 22.3 Å². The zero-order chi connectivity index (χ0) is 13.2. The van der Waals surface area contributed by atoms with Crippen molar-refractivity contribution in [3.63, 3.8) is 0 Å². The molecule has 1 heterocycles. The number of hydrogen-bond donors (Lipinski definition) is 2. The van der Waals surface area contributed by atoms with Crippen LogP contribution >= 0.6 is 0 Å². The molecule has 1 saturated carbocycles. The van der Waals surface area contributed by atoms with E-state index in [1.165, 1.54) is 32.1 Å². The lowest BCUT2D eigenvalue weighted by Crippen LogP contribution is -2.27. The van der Waals surface area contributed by atoms with Crippen LogP contribution in [0.3, 0.4) is 0 Å². The molecule has 102 valence electrons. The van der Waals surface area contributed by atoms with Crippen molar-refractivity contribution in [1.82, 2.24) is 10.2 Å². The van der Waals surface area contributed by atoms with Crippen molar-refractivity contribution in [2.24, 2.45) is 5.92 Å². The molecule has 0 bridgehead atoms. The van der Waals surface area contributed by atoms with Gasteiger partial charge in [-0.25, -0.2) is 0 Å². The molecule has 0 aliphatic heterocycles. The van der Waals surface area contributed by atoms with Crippen LogP contribution in [0, 0.1) is 5.92 Å². The average molecular weight is 258 g/mol. The number of hydrogen-bond acceptors (Lipinski definition) is 3. The summed E-state index contributed by atoms with van der Waals surface area (Å²) in [6, 6.07) is 4.12. The van der Waals surface area contributed by atoms with Gasteiger partial charge in [0.1, 0.15) is 0 Å². The minimum Gasteiger partial charge on any atom is -0.397 e. The highest BCUT2D eigenvalue weighted by Gasteiger charge is 2.17. The van der Waals surface area contributed by atoms with Crippen molar-refractivity contribution in [1.29, 1.82) is 0 Å². The summed E-state index contributed by atoms with van der Waals surface area (Å²) in [4.78, 5) is 2.30. The molecule has 0 atom stereocenters. The van der Waals surface area contributed by atoms with Crippen LogP contribution in [-0.4, -0.2) is 23.8 Å². The van der Waals surface area contributed by atoms with Gasteiger partial charge in [0.2, 0.25) is 0 Å². The summed E-state index contributed by atoms with van der Waals surface area (Å²) in [5.41, 5.74) is 9.18. The van der Waals surface area contributed by atoms with Gasteiger partial charge in [-0.05, 0) is 30.9 Å². The summed E-state index contributed by atoms with van der Waals surface area (Å²) in [6.07, 6.45) is 8.70. The first-order chi connectivity index (χ1) is 9.24. The van der Waals surface area contributed by atoms with Gasteiger partial charge in [-0.2, -0.15) is 5.10 Å². The van der Waals surface area contributed by atoms with Crippen molar-refractivity contribution in [3.8, 4) is 0 Å². The maximum atomic E-state index is 6.17. The predicted molar refractivity (Wildman–Crippen MR) is 80.4 cm³/mol. The Balaban J connectivity index is 1.79. The van der Waals surface area contributed by atoms with E-state index in [9.17, 15) is 0 Å². The highest BCUT2D eigenvalue weighted by molar-refractivity contribution is 5.88. The summed E-state index contributed by atoms with van der Waals surface area (Å²) in [7, 11) is 2.14. The number of aromatic nitrogens is 2. The third-order valence-electron chi connectivity index (χ3n) is 4.26. The molecule has 0 saturated heterocycles. The van der Waals surface area contributed by atoms with Gasteiger partial charge in [0, 0.05) is 19.0 Å². The first kappa shape index (κ1) is 12.3. The van der Waals surface area contributed by atoms with Gasteiger partial charge in [-0.15, -0.1) is 0 Å². The van der Waals surface area contributed by atoms with Crippen LogP contribution in [0.4, 0.5) is 11.4 Å². The topological polar surface area (TPSA) is 57.9 Å². The molecule has 0 amide bonds. The van der Waals surface area contributed by atoms with Crippen LogP contribution in [0.25, 0.3) is 10.9 Å². The number of anilines is 2. The second kappa shape index (κ2) is 5.11. The van der Waals surface area contributed by atoms with Crippen LogP contribution < -0.4 is 10.6 Å². The van der Waals surface area contributed by atoms with Gasteiger partial charge in [-0.3, -0.25) is 5.10 Å². The minimum absolute atomic E-state index is 0.815. The molecule has 0 radical (unpaired) electrons. The number of nitrogens with zero attached hydrogens (tertiary/aromatic N) is 2. The fraction of sp³-hybridized carbons (Fsp3) is 0.533. The molecule has 0 unspecified atom stereocenters. The maximum Gasteiger partial charge on any atom is 0.0672 e. The third-order valence-corrected chi connectivity index (χ3v) is 4.26. The number of aromatic amines is 1. The van der Waals surface area contributed by atoms with E-state index >= 15 is 0 Å². The monoisotopic (exact) mass is 258 g/mol. The lowest BCUT2D eigenvalue weighted by atomic mass is 9.89. The standard InChI is InChI=1S/C15H22N4/c1-19(10-11-5-3-2-4-6-11)15-8-14-12(7-13(15)16)9-17-18-14/h7-9,11H,2-6,10,16H2,1H3,(H,17,18). The summed E-state index contributed by atoms with van der Waals surface area (Å²) in [5.74, 6) is 0.815. The Labute approximate surface area is 114 Å². The summed E-state index contributed by atoms with van der Waals surface area (Å²) in [6.45, 7) is 1.10. The molecule has 1 fully saturated rings. The number of nitrogen functional groups attached to an aromatic ring is 1. The van der Waals surface area contributed by atoms with Crippen molar-refractivity contribution in [3.05, 3.63) is 18.3 Å². The minimum atomic E-state index is 0.815. The van der Waals surface area contributed by atoms with Crippen molar-refractivity contribution in [2.45, 2.75) is 32.1 Å². The van der Waals surface area contributed by atoms with E-state index in [1.807, 2.05) is 12.3 Å². The second-order valence-electron chi connectivity index (χ2n) is 5.75. The highest BCUT2D eigenvalue weighted by atomic mass is 15.1. The molecule has 1 aromatic heterocycles. The van der Waals surface area contributed by atoms with Crippen molar-refractivity contribution < 1.29 is 0 Å². The van der Waals surface area contributed by atoms with Crippen LogP contribution in [0.2, 0.25) is 0 Å². The van der Waals surface area contributed by atoms with E-state index in [2.05, 4.69) is 28.2 Å². The SMILES string of the molecule is CN(CC1CCCCC1)c1cc2[nH]ncc2cc1N. The van der Waals surface area contributed by atoms with E-state index in [0.717, 1.165) is 34.7 Å². The molecule has 1 aromatic carbocycles. The van der Waals surface area contributed by atoms with Gasteiger partial charge in [0.05, 0.1) is 23.1 Å². The van der Waals surface area contributed by atoms with E-state index in [-0.39, 0.29) is 0 Å². The Hall–Kier alpha value is -1.71. The molecule has 3 rings (SSSR count). The van der Waals surface area contributed by atoms with Gasteiger partial charge < -0.3 is 10.6 Å². The summed E-state index contributed by atoms with van der Waals surface area (Å²) in [5, 5.41) is 8.15. The first-order valence-electron chi connectivity index (χ1n) is 7.18. The van der Waals surface area contributed by atoms with Crippen LogP contribution in [0.1, 0.15) is 32.1 Å². The number of nitrogens with two attached hydrogens (primary N) is 1. The third kappa shape index (κ3) is 2.53. The highest BCUT2D eigenvalue weighted by Crippen LogP contribution is 2.30. The van der Waals surface area contributed by atoms with Crippen LogP contribution in [0.5, 0.6) is 0 Å². The average Bonchev–Trinajstić information content (AvgIpc) is 2.86. The molecule has 0 spiro atoms. The molecule has 1 aliphatic carbocycles. The smallest absolute Gasteiger partial charge is 0.0672 e. The van der Waals surface area contributed by atoms with Gasteiger partial charge >= 0.3 is 0 Å². The number of H-pyrrole nitrogens is 1. The van der Waals surface area contributed by atoms with Crippen LogP contribution in [0.15, 0.2) is 18.3 Å². The predicted octanol–water partition coefficient (Wildman–Crippen LogP) is 3.16. The fourth-order valence-corrected chi connectivity index (χ4v) is 3.18. The molecule has 19 heavy (non-hydrogen) atoms. The fourth-order valence-electron chi connectivity index (χ4n) is 3.18. The quantitative estimate of drug-likeness (QED) is 0.831. The maximum absolute atomic E-state index is 6.17. The van der Waals surface area contributed by atoms with E-state index in [0.29, 0.717) is 0 Å². The molecule has 4 nitrogen and oxygen atoms in total. The first-order valence-corrected chi connectivity index (χ1v) is 7.18. The largest absolute Gasteiger partial charge is 0.397 e. The number of benzene rings is 1. The van der Waals surface area contributed by atoms with Crippen LogP contribution in [-0.2, 0) is 0 Å². The molecular weight excluding hydrogens is 236 g/mol. The summed E-state index contributed by atoms with van der Waals surface area (Å²) >= 11 is 0. The Bertz CT molecular complexity index is 554. The summed E-state index contributed by atoms with van der Waals surface area (Å²) < 4.78 is 0. The zero-order valence-electron chi connectivity index (χ0n) is 11.5. The van der Waals surface area contributed by atoms with Gasteiger partial charge in [0.15, 0.2) is 0 Å². The molecule has 4 heteroatoms. The van der Waals surface area contributed by atoms with Crippen molar-refractivity contribution in [2.75, 3.05) is 24.2 Å². The lowest BCUT2D eigenvalue weighted by Gasteiger charge is -2.29. The van der Waals surface area contributed by atoms with Gasteiger partial charge in [-0.1, -0.05) is 19.3 Å². The van der Waals surface area contributed by atoms with E-state index < -0.39 is 0 Å². The lowest BCUT2D eigenvalue weighted by molar-refractivity contribution is 0.362. The Morgan fingerprint density at radius 1 is 1.32 bits per heavy atom. The molecule has 2 aromatic rings. The van der Waals surface area contributed by atoms with Gasteiger partial charge in [0.25, 0.3) is 0 Å². The number of rotatable bonds is 3. The Morgan fingerprint density at radius 3 is 2.89 bits per heavy atom. The number of fused-ring (bicyclic) bond motifs is 1.